The summed E-state index contributed by atoms with van der Waals surface area (Å²) >= 11 is 1.46. The van der Waals surface area contributed by atoms with Crippen molar-refractivity contribution in [1.29, 1.82) is 5.26 Å². The first-order chi connectivity index (χ1) is 10.6. The zero-order chi connectivity index (χ0) is 15.9. The van der Waals surface area contributed by atoms with Gasteiger partial charge in [-0.3, -0.25) is 9.59 Å². The van der Waals surface area contributed by atoms with Gasteiger partial charge in [-0.15, -0.1) is 11.3 Å². The van der Waals surface area contributed by atoms with Crippen LogP contribution in [0, 0.1) is 11.3 Å². The van der Waals surface area contributed by atoms with Gasteiger partial charge in [0, 0.05) is 10.6 Å². The number of anilines is 1. The first-order valence-corrected chi connectivity index (χ1v) is 7.49. The van der Waals surface area contributed by atoms with Crippen molar-refractivity contribution in [2.24, 2.45) is 0 Å². The molecule has 0 saturated carbocycles. The monoisotopic (exact) mass is 314 g/mol. The highest BCUT2D eigenvalue weighted by atomic mass is 32.1. The van der Waals surface area contributed by atoms with Gasteiger partial charge in [0.1, 0.15) is 0 Å². The summed E-state index contributed by atoms with van der Waals surface area (Å²) in [6.45, 7) is 1.51. The number of esters is 1. The topological polar surface area (TPSA) is 79.2 Å². The molecule has 1 N–H and O–H groups in total. The van der Waals surface area contributed by atoms with Crippen LogP contribution >= 0.6 is 11.3 Å². The van der Waals surface area contributed by atoms with E-state index in [1.165, 1.54) is 18.3 Å². The van der Waals surface area contributed by atoms with E-state index in [-0.39, 0.29) is 6.42 Å². The fourth-order valence-corrected chi connectivity index (χ4v) is 2.45. The van der Waals surface area contributed by atoms with E-state index in [2.05, 4.69) is 5.32 Å². The van der Waals surface area contributed by atoms with Crippen LogP contribution in [0.4, 0.5) is 5.69 Å². The van der Waals surface area contributed by atoms with Crippen LogP contribution < -0.4 is 5.32 Å². The van der Waals surface area contributed by atoms with Crippen molar-refractivity contribution < 1.29 is 14.3 Å². The lowest BCUT2D eigenvalue weighted by Gasteiger charge is -2.13. The van der Waals surface area contributed by atoms with Crippen molar-refractivity contribution in [2.45, 2.75) is 19.4 Å². The maximum Gasteiger partial charge on any atom is 0.311 e. The van der Waals surface area contributed by atoms with E-state index in [0.717, 1.165) is 4.88 Å². The van der Waals surface area contributed by atoms with Gasteiger partial charge < -0.3 is 10.1 Å². The maximum atomic E-state index is 12.0. The van der Waals surface area contributed by atoms with Gasteiger partial charge in [-0.1, -0.05) is 12.1 Å². The minimum atomic E-state index is -0.904. The average molecular weight is 314 g/mol. The molecule has 1 amide bonds. The molecule has 1 aromatic carbocycles. The van der Waals surface area contributed by atoms with Crippen LogP contribution in [0.1, 0.15) is 17.4 Å². The van der Waals surface area contributed by atoms with Crippen LogP contribution in [0.15, 0.2) is 41.8 Å². The van der Waals surface area contributed by atoms with Crippen molar-refractivity contribution in [3.8, 4) is 6.07 Å². The van der Waals surface area contributed by atoms with Gasteiger partial charge in [-0.05, 0) is 36.6 Å². The molecule has 1 aromatic heterocycles. The number of hydrogen-bond acceptors (Lipinski definition) is 5. The molecule has 0 radical (unpaired) electrons. The minimum absolute atomic E-state index is 0.152. The Morgan fingerprint density at radius 2 is 2.18 bits per heavy atom. The quantitative estimate of drug-likeness (QED) is 0.861. The summed E-state index contributed by atoms with van der Waals surface area (Å²) in [6, 6.07) is 12.2. The number of ether oxygens (including phenoxy) is 1. The molecule has 6 heteroatoms. The number of carbonyl (C=O) groups excluding carboxylic acids is 2. The predicted octanol–water partition coefficient (Wildman–Crippen LogP) is 2.73. The van der Waals surface area contributed by atoms with E-state index in [0.29, 0.717) is 11.3 Å². The lowest BCUT2D eigenvalue weighted by molar-refractivity contribution is -0.152. The summed E-state index contributed by atoms with van der Waals surface area (Å²) in [5.74, 6) is -0.884. The van der Waals surface area contributed by atoms with Crippen LogP contribution in [0.2, 0.25) is 0 Å². The Morgan fingerprint density at radius 3 is 2.86 bits per heavy atom. The fraction of sp³-hybridized carbons (Fsp3) is 0.188. The largest absolute Gasteiger partial charge is 0.452 e. The number of carbonyl (C=O) groups is 2. The molecule has 0 bridgehead atoms. The van der Waals surface area contributed by atoms with Crippen molar-refractivity contribution in [3.05, 3.63) is 52.2 Å². The third-order valence-corrected chi connectivity index (χ3v) is 3.71. The van der Waals surface area contributed by atoms with E-state index in [9.17, 15) is 9.59 Å². The summed E-state index contributed by atoms with van der Waals surface area (Å²) in [5.41, 5.74) is 0.936. The molecule has 0 spiro atoms. The molecule has 2 rings (SSSR count). The van der Waals surface area contributed by atoms with Crippen LogP contribution in [-0.4, -0.2) is 18.0 Å². The molecule has 0 aliphatic rings. The number of rotatable bonds is 5. The van der Waals surface area contributed by atoms with Crippen molar-refractivity contribution in [1.82, 2.24) is 0 Å². The summed E-state index contributed by atoms with van der Waals surface area (Å²) < 4.78 is 5.10. The van der Waals surface area contributed by atoms with Gasteiger partial charge in [0.15, 0.2) is 6.10 Å². The molecule has 0 fully saturated rings. The number of amides is 1. The van der Waals surface area contributed by atoms with Crippen LogP contribution in [0.5, 0.6) is 0 Å². The molecular formula is C16H14N2O3S. The second-order valence-corrected chi connectivity index (χ2v) is 5.60. The third kappa shape index (κ3) is 4.43. The Labute approximate surface area is 132 Å². The number of benzene rings is 1. The zero-order valence-electron chi connectivity index (χ0n) is 11.9. The molecule has 0 aliphatic carbocycles. The summed E-state index contributed by atoms with van der Waals surface area (Å²) in [4.78, 5) is 24.6. The van der Waals surface area contributed by atoms with E-state index in [1.54, 1.807) is 24.3 Å². The van der Waals surface area contributed by atoms with Crippen LogP contribution in [0.25, 0.3) is 0 Å². The van der Waals surface area contributed by atoms with E-state index < -0.39 is 18.0 Å². The van der Waals surface area contributed by atoms with Gasteiger partial charge in [0.05, 0.1) is 18.1 Å². The molecule has 1 heterocycles. The van der Waals surface area contributed by atoms with Crippen molar-refractivity contribution in [3.63, 3.8) is 0 Å². The standard InChI is InChI=1S/C16H14N2O3S/c1-11(21-15(19)9-14-6-3-7-22-14)16(20)18-13-5-2-4-12(8-13)10-17/h2-8,11H,9H2,1H3,(H,18,20)/t11-/m0/s1. The summed E-state index contributed by atoms with van der Waals surface area (Å²) in [7, 11) is 0. The first kappa shape index (κ1) is 15.7. The Bertz CT molecular complexity index is 704. The highest BCUT2D eigenvalue weighted by Gasteiger charge is 2.18. The number of nitriles is 1. The molecule has 22 heavy (non-hydrogen) atoms. The molecule has 1 atom stereocenters. The van der Waals surface area contributed by atoms with Crippen molar-refractivity contribution in [2.75, 3.05) is 5.32 Å². The molecular weight excluding hydrogens is 300 g/mol. The highest BCUT2D eigenvalue weighted by molar-refractivity contribution is 7.10. The smallest absolute Gasteiger partial charge is 0.311 e. The normalized spacial score (nSPS) is 11.3. The number of hydrogen-bond donors (Lipinski definition) is 1. The van der Waals surface area contributed by atoms with Gasteiger partial charge in [0.25, 0.3) is 5.91 Å². The van der Waals surface area contributed by atoms with Gasteiger partial charge in [-0.2, -0.15) is 5.26 Å². The minimum Gasteiger partial charge on any atom is -0.452 e. The second-order valence-electron chi connectivity index (χ2n) is 4.57. The second kappa shape index (κ2) is 7.38. The molecule has 112 valence electrons. The molecule has 2 aromatic rings. The lowest BCUT2D eigenvalue weighted by Crippen LogP contribution is -2.30. The SMILES string of the molecule is C[C@H](OC(=O)Cc1cccs1)C(=O)Nc1cccc(C#N)c1. The molecule has 0 unspecified atom stereocenters. The Morgan fingerprint density at radius 1 is 1.36 bits per heavy atom. The van der Waals surface area contributed by atoms with Crippen molar-refractivity contribution >= 4 is 28.9 Å². The highest BCUT2D eigenvalue weighted by Crippen LogP contribution is 2.12. The number of nitrogens with zero attached hydrogens (tertiary/aromatic N) is 1. The van der Waals surface area contributed by atoms with Gasteiger partial charge >= 0.3 is 5.97 Å². The van der Waals surface area contributed by atoms with Gasteiger partial charge in [0.2, 0.25) is 0 Å². The Hall–Kier alpha value is -2.65. The van der Waals surface area contributed by atoms with E-state index >= 15 is 0 Å². The zero-order valence-corrected chi connectivity index (χ0v) is 12.7. The average Bonchev–Trinajstić information content (AvgIpc) is 3.00. The summed E-state index contributed by atoms with van der Waals surface area (Å²) in [6.07, 6.45) is -0.752. The van der Waals surface area contributed by atoms with Crippen LogP contribution in [0.3, 0.4) is 0 Å². The predicted molar refractivity (Wildman–Crippen MR) is 83.4 cm³/mol. The maximum absolute atomic E-state index is 12.0. The molecule has 5 nitrogen and oxygen atoms in total. The molecule has 0 aliphatic heterocycles. The first-order valence-electron chi connectivity index (χ1n) is 6.61. The van der Waals surface area contributed by atoms with Gasteiger partial charge in [-0.25, -0.2) is 0 Å². The Kier molecular flexibility index (Phi) is 5.28. The Balaban J connectivity index is 1.89. The van der Waals surface area contributed by atoms with E-state index in [4.69, 9.17) is 10.00 Å². The number of thiophene rings is 1. The third-order valence-electron chi connectivity index (χ3n) is 2.84. The molecule has 0 saturated heterocycles. The van der Waals surface area contributed by atoms with E-state index in [1.807, 2.05) is 23.6 Å². The number of nitrogens with one attached hydrogen (secondary N) is 1. The fourth-order valence-electron chi connectivity index (χ4n) is 1.76. The van der Waals surface area contributed by atoms with Crippen LogP contribution in [-0.2, 0) is 20.7 Å². The summed E-state index contributed by atoms with van der Waals surface area (Å²) in [5, 5.41) is 13.3. The lowest BCUT2D eigenvalue weighted by atomic mass is 10.2.